The normalized spacial score (nSPS) is 14.2. The van der Waals surface area contributed by atoms with Crippen molar-refractivity contribution in [3.05, 3.63) is 57.0 Å². The van der Waals surface area contributed by atoms with Gasteiger partial charge in [-0.1, -0.05) is 33.6 Å². The third-order valence-electron chi connectivity index (χ3n) is 3.54. The Hall–Kier alpha value is -1.03. The van der Waals surface area contributed by atoms with Crippen LogP contribution in [0.1, 0.15) is 24.0 Å². The van der Waals surface area contributed by atoms with Gasteiger partial charge < -0.3 is 10.1 Å². The number of nitrogens with one attached hydrogen (secondary N) is 1. The number of hydrogen-bond acceptors (Lipinski definition) is 2. The summed E-state index contributed by atoms with van der Waals surface area (Å²) in [5, 5.41) is 4.25. The van der Waals surface area contributed by atoms with Gasteiger partial charge in [-0.2, -0.15) is 0 Å². The third-order valence-corrected chi connectivity index (χ3v) is 4.27. The molecule has 0 amide bonds. The lowest BCUT2D eigenvalue weighted by molar-refractivity contribution is 0.468. The van der Waals surface area contributed by atoms with Crippen molar-refractivity contribution in [3.8, 4) is 11.5 Å². The molecule has 1 aliphatic carbocycles. The molecule has 4 heteroatoms. The number of aryl methyl sites for hydroxylation is 1. The molecular weight excluding hydrogens is 350 g/mol. The van der Waals surface area contributed by atoms with Crippen molar-refractivity contribution < 1.29 is 4.74 Å². The Morgan fingerprint density at radius 3 is 2.71 bits per heavy atom. The van der Waals surface area contributed by atoms with E-state index in [1.165, 1.54) is 18.4 Å². The van der Waals surface area contributed by atoms with Crippen molar-refractivity contribution >= 4 is 27.5 Å². The molecule has 110 valence electrons. The highest BCUT2D eigenvalue weighted by molar-refractivity contribution is 9.10. The van der Waals surface area contributed by atoms with E-state index in [1.807, 2.05) is 37.3 Å². The van der Waals surface area contributed by atoms with E-state index in [-0.39, 0.29) is 0 Å². The average Bonchev–Trinajstić information content (AvgIpc) is 3.25. The minimum Gasteiger partial charge on any atom is -0.457 e. The van der Waals surface area contributed by atoms with Crippen LogP contribution in [0.25, 0.3) is 0 Å². The van der Waals surface area contributed by atoms with Crippen LogP contribution in [-0.4, -0.2) is 6.04 Å². The third kappa shape index (κ3) is 4.00. The van der Waals surface area contributed by atoms with Gasteiger partial charge in [-0.25, -0.2) is 0 Å². The van der Waals surface area contributed by atoms with Crippen LogP contribution in [0.4, 0.5) is 0 Å². The Kier molecular flexibility index (Phi) is 4.53. The maximum Gasteiger partial charge on any atom is 0.133 e. The molecule has 0 atom stereocenters. The van der Waals surface area contributed by atoms with Gasteiger partial charge in [0.1, 0.15) is 11.5 Å². The van der Waals surface area contributed by atoms with Crippen molar-refractivity contribution in [2.45, 2.75) is 32.4 Å². The molecule has 2 aromatic carbocycles. The molecule has 3 rings (SSSR count). The zero-order valence-corrected chi connectivity index (χ0v) is 14.2. The molecule has 2 aromatic rings. The zero-order valence-electron chi connectivity index (χ0n) is 11.8. The second kappa shape index (κ2) is 6.39. The van der Waals surface area contributed by atoms with Crippen LogP contribution in [0.2, 0.25) is 5.02 Å². The highest BCUT2D eigenvalue weighted by Crippen LogP contribution is 2.32. The van der Waals surface area contributed by atoms with Crippen molar-refractivity contribution in [1.29, 1.82) is 0 Å². The Bertz CT molecular complexity index is 655. The fraction of sp³-hybridized carbons (Fsp3) is 0.294. The number of halogens is 2. The van der Waals surface area contributed by atoms with Gasteiger partial charge >= 0.3 is 0 Å². The molecule has 0 heterocycles. The van der Waals surface area contributed by atoms with Crippen LogP contribution in [0.5, 0.6) is 11.5 Å². The summed E-state index contributed by atoms with van der Waals surface area (Å²) in [5.41, 5.74) is 2.20. The van der Waals surface area contributed by atoms with Gasteiger partial charge in [0.05, 0.1) is 0 Å². The molecule has 0 saturated heterocycles. The van der Waals surface area contributed by atoms with E-state index in [9.17, 15) is 0 Å². The molecule has 21 heavy (non-hydrogen) atoms. The SMILES string of the molecule is Cc1cc(Cl)ccc1Oc1cc(Br)ccc1CNC1CC1. The number of ether oxygens (including phenoxy) is 1. The summed E-state index contributed by atoms with van der Waals surface area (Å²) in [6.45, 7) is 2.83. The molecule has 1 N–H and O–H groups in total. The molecule has 0 bridgehead atoms. The number of hydrogen-bond donors (Lipinski definition) is 1. The molecule has 0 aliphatic heterocycles. The molecule has 0 aromatic heterocycles. The van der Waals surface area contributed by atoms with Crippen molar-refractivity contribution in [2.75, 3.05) is 0 Å². The van der Waals surface area contributed by atoms with Gasteiger partial charge in [0.2, 0.25) is 0 Å². The quantitative estimate of drug-likeness (QED) is 0.759. The standard InChI is InChI=1S/C17H17BrClNO/c1-11-8-14(19)4-7-16(11)21-17-9-13(18)3-2-12(17)10-20-15-5-6-15/h2-4,7-9,15,20H,5-6,10H2,1H3. The van der Waals surface area contributed by atoms with E-state index < -0.39 is 0 Å². The van der Waals surface area contributed by atoms with Crippen LogP contribution in [0.3, 0.4) is 0 Å². The predicted molar refractivity (Wildman–Crippen MR) is 90.3 cm³/mol. The molecule has 0 radical (unpaired) electrons. The number of rotatable bonds is 5. The van der Waals surface area contributed by atoms with Gasteiger partial charge in [0.25, 0.3) is 0 Å². The molecular formula is C17H17BrClNO. The second-order valence-electron chi connectivity index (χ2n) is 5.42. The van der Waals surface area contributed by atoms with E-state index in [4.69, 9.17) is 16.3 Å². The van der Waals surface area contributed by atoms with E-state index in [1.54, 1.807) is 0 Å². The number of benzene rings is 2. The Morgan fingerprint density at radius 2 is 2.00 bits per heavy atom. The summed E-state index contributed by atoms with van der Waals surface area (Å²) in [4.78, 5) is 0. The van der Waals surface area contributed by atoms with E-state index in [0.717, 1.165) is 33.1 Å². The fourth-order valence-corrected chi connectivity index (χ4v) is 2.72. The van der Waals surface area contributed by atoms with Gasteiger partial charge in [0, 0.05) is 27.6 Å². The van der Waals surface area contributed by atoms with Crippen LogP contribution in [0.15, 0.2) is 40.9 Å². The monoisotopic (exact) mass is 365 g/mol. The lowest BCUT2D eigenvalue weighted by Gasteiger charge is -2.14. The van der Waals surface area contributed by atoms with E-state index in [2.05, 4.69) is 27.3 Å². The Morgan fingerprint density at radius 1 is 1.19 bits per heavy atom. The molecule has 1 saturated carbocycles. The average molecular weight is 367 g/mol. The first-order valence-corrected chi connectivity index (χ1v) is 8.25. The molecule has 1 aliphatic rings. The van der Waals surface area contributed by atoms with Crippen LogP contribution in [-0.2, 0) is 6.54 Å². The Balaban J connectivity index is 1.83. The summed E-state index contributed by atoms with van der Waals surface area (Å²) >= 11 is 9.51. The van der Waals surface area contributed by atoms with Crippen LogP contribution < -0.4 is 10.1 Å². The summed E-state index contributed by atoms with van der Waals surface area (Å²) in [6, 6.07) is 12.5. The van der Waals surface area contributed by atoms with Crippen molar-refractivity contribution in [2.24, 2.45) is 0 Å². The van der Waals surface area contributed by atoms with E-state index in [0.29, 0.717) is 6.04 Å². The largest absolute Gasteiger partial charge is 0.457 e. The van der Waals surface area contributed by atoms with E-state index >= 15 is 0 Å². The summed E-state index contributed by atoms with van der Waals surface area (Å²) in [5.74, 6) is 1.72. The molecule has 0 unspecified atom stereocenters. The van der Waals surface area contributed by atoms with Crippen LogP contribution in [0, 0.1) is 6.92 Å². The fourth-order valence-electron chi connectivity index (χ4n) is 2.16. The van der Waals surface area contributed by atoms with Crippen molar-refractivity contribution in [1.82, 2.24) is 5.32 Å². The van der Waals surface area contributed by atoms with Crippen molar-refractivity contribution in [3.63, 3.8) is 0 Å². The lowest BCUT2D eigenvalue weighted by atomic mass is 10.2. The van der Waals surface area contributed by atoms with Crippen LogP contribution >= 0.6 is 27.5 Å². The smallest absolute Gasteiger partial charge is 0.133 e. The first-order valence-electron chi connectivity index (χ1n) is 7.07. The van der Waals surface area contributed by atoms with Gasteiger partial charge in [-0.05, 0) is 55.7 Å². The van der Waals surface area contributed by atoms with Gasteiger partial charge in [-0.3, -0.25) is 0 Å². The summed E-state index contributed by atoms with van der Waals surface area (Å²) < 4.78 is 7.11. The molecule has 1 fully saturated rings. The summed E-state index contributed by atoms with van der Waals surface area (Å²) in [7, 11) is 0. The first kappa shape index (κ1) is 14.9. The lowest BCUT2D eigenvalue weighted by Crippen LogP contribution is -2.15. The van der Waals surface area contributed by atoms with Gasteiger partial charge in [0.15, 0.2) is 0 Å². The minimum atomic E-state index is 0.679. The predicted octanol–water partition coefficient (Wildman–Crippen LogP) is 5.46. The Labute approximate surface area is 138 Å². The summed E-state index contributed by atoms with van der Waals surface area (Å²) in [6.07, 6.45) is 2.56. The zero-order chi connectivity index (χ0) is 14.8. The first-order chi connectivity index (χ1) is 10.1. The molecule has 0 spiro atoms. The maximum atomic E-state index is 6.10. The topological polar surface area (TPSA) is 21.3 Å². The van der Waals surface area contributed by atoms with Gasteiger partial charge in [-0.15, -0.1) is 0 Å². The minimum absolute atomic E-state index is 0.679. The second-order valence-corrected chi connectivity index (χ2v) is 6.77. The highest BCUT2D eigenvalue weighted by Gasteiger charge is 2.20. The molecule has 2 nitrogen and oxygen atoms in total. The maximum absolute atomic E-state index is 6.10. The highest BCUT2D eigenvalue weighted by atomic mass is 79.9.